The fourth-order valence-corrected chi connectivity index (χ4v) is 1.94. The highest BCUT2D eigenvalue weighted by Gasteiger charge is 2.38. The molecule has 1 saturated heterocycles. The predicted molar refractivity (Wildman–Crippen MR) is 53.4 cm³/mol. The van der Waals surface area contributed by atoms with Gasteiger partial charge in [-0.25, -0.2) is 0 Å². The summed E-state index contributed by atoms with van der Waals surface area (Å²) in [5, 5.41) is 9.21. The fourth-order valence-electron chi connectivity index (χ4n) is 1.94. The first-order valence-electron chi connectivity index (χ1n) is 4.81. The molecule has 0 aromatic heterocycles. The summed E-state index contributed by atoms with van der Waals surface area (Å²) in [4.78, 5) is 4.38. The molecule has 0 amide bonds. The Balaban J connectivity index is 2.76. The van der Waals surface area contributed by atoms with E-state index in [4.69, 9.17) is 0 Å². The predicted octanol–water partition coefficient (Wildman–Crippen LogP) is 0.924. The lowest BCUT2D eigenvalue weighted by atomic mass is 9.84. The van der Waals surface area contributed by atoms with Crippen LogP contribution >= 0.6 is 0 Å². The smallest absolute Gasteiger partial charge is 0.111 e. The molecule has 0 aromatic rings. The summed E-state index contributed by atoms with van der Waals surface area (Å²) in [7, 11) is 6.13. The first-order valence-corrected chi connectivity index (χ1v) is 4.81. The molecule has 74 valence electrons. The maximum absolute atomic E-state index is 9.21. The monoisotopic (exact) mass is 181 g/mol. The van der Waals surface area contributed by atoms with E-state index in [0.717, 1.165) is 19.4 Å². The standard InChI is InChI=1S/C10H19N3/c1-9-7-10(8-11,12(2)3)5-6-13(9)4/h9H,5-7H2,1-4H3. The molecule has 13 heavy (non-hydrogen) atoms. The molecule has 0 bridgehead atoms. The number of rotatable bonds is 1. The summed E-state index contributed by atoms with van der Waals surface area (Å²) >= 11 is 0. The fraction of sp³-hybridized carbons (Fsp3) is 0.900. The molecule has 1 fully saturated rings. The van der Waals surface area contributed by atoms with Crippen LogP contribution in [0.3, 0.4) is 0 Å². The van der Waals surface area contributed by atoms with E-state index in [0.29, 0.717) is 6.04 Å². The van der Waals surface area contributed by atoms with E-state index in [1.165, 1.54) is 0 Å². The number of hydrogen-bond donors (Lipinski definition) is 0. The van der Waals surface area contributed by atoms with Crippen LogP contribution < -0.4 is 0 Å². The van der Waals surface area contributed by atoms with Gasteiger partial charge in [0.1, 0.15) is 5.54 Å². The summed E-state index contributed by atoms with van der Waals surface area (Å²) in [5.74, 6) is 0. The molecular formula is C10H19N3. The largest absolute Gasteiger partial charge is 0.303 e. The van der Waals surface area contributed by atoms with Gasteiger partial charge in [-0.2, -0.15) is 5.26 Å². The second-order valence-electron chi connectivity index (χ2n) is 4.32. The van der Waals surface area contributed by atoms with Gasteiger partial charge in [0.05, 0.1) is 6.07 Å². The topological polar surface area (TPSA) is 30.3 Å². The van der Waals surface area contributed by atoms with Gasteiger partial charge in [0.25, 0.3) is 0 Å². The SMILES string of the molecule is CC1CC(C#N)(N(C)C)CCN1C. The molecule has 1 rings (SSSR count). The Morgan fingerprint density at radius 2 is 2.15 bits per heavy atom. The zero-order valence-corrected chi connectivity index (χ0v) is 9.04. The zero-order chi connectivity index (χ0) is 10.1. The molecule has 0 N–H and O–H groups in total. The molecule has 2 atom stereocenters. The number of nitrogens with zero attached hydrogens (tertiary/aromatic N) is 3. The van der Waals surface area contributed by atoms with Gasteiger partial charge in [0.2, 0.25) is 0 Å². The molecule has 0 radical (unpaired) electrons. The Kier molecular flexibility index (Phi) is 2.94. The third kappa shape index (κ3) is 1.84. The van der Waals surface area contributed by atoms with Crippen LogP contribution in [-0.4, -0.2) is 49.1 Å². The number of likely N-dealkylation sites (tertiary alicyclic amines) is 1. The van der Waals surface area contributed by atoms with E-state index in [-0.39, 0.29) is 5.54 Å². The van der Waals surface area contributed by atoms with Gasteiger partial charge in [-0.15, -0.1) is 0 Å². The van der Waals surface area contributed by atoms with E-state index in [1.807, 2.05) is 14.1 Å². The van der Waals surface area contributed by atoms with Crippen molar-refractivity contribution in [3.05, 3.63) is 0 Å². The third-order valence-electron chi connectivity index (χ3n) is 3.33. The first-order chi connectivity index (χ1) is 6.02. The Morgan fingerprint density at radius 3 is 2.54 bits per heavy atom. The minimum Gasteiger partial charge on any atom is -0.303 e. The van der Waals surface area contributed by atoms with Crippen molar-refractivity contribution < 1.29 is 0 Å². The quantitative estimate of drug-likeness (QED) is 0.602. The molecule has 3 heteroatoms. The highest BCUT2D eigenvalue weighted by molar-refractivity contribution is 5.10. The molecular weight excluding hydrogens is 162 g/mol. The summed E-state index contributed by atoms with van der Waals surface area (Å²) in [6, 6.07) is 2.98. The van der Waals surface area contributed by atoms with Crippen LogP contribution in [0.2, 0.25) is 0 Å². The Morgan fingerprint density at radius 1 is 1.54 bits per heavy atom. The molecule has 0 aliphatic carbocycles. The van der Waals surface area contributed by atoms with Gasteiger partial charge in [-0.3, -0.25) is 4.90 Å². The summed E-state index contributed by atoms with van der Waals surface area (Å²) in [5.41, 5.74) is -0.230. The Labute approximate surface area is 80.9 Å². The first kappa shape index (κ1) is 10.5. The van der Waals surface area contributed by atoms with Gasteiger partial charge in [-0.05, 0) is 40.9 Å². The van der Waals surface area contributed by atoms with E-state index in [2.05, 4.69) is 29.8 Å². The summed E-state index contributed by atoms with van der Waals surface area (Å²) < 4.78 is 0. The maximum Gasteiger partial charge on any atom is 0.111 e. The normalized spacial score (nSPS) is 36.2. The maximum atomic E-state index is 9.21. The van der Waals surface area contributed by atoms with Crippen molar-refractivity contribution in [1.29, 1.82) is 5.26 Å². The van der Waals surface area contributed by atoms with Crippen LogP contribution in [0, 0.1) is 11.3 Å². The lowest BCUT2D eigenvalue weighted by Crippen LogP contribution is -2.54. The molecule has 0 saturated carbocycles. The van der Waals surface area contributed by atoms with E-state index in [9.17, 15) is 5.26 Å². The molecule has 0 spiro atoms. The number of piperidine rings is 1. The summed E-state index contributed by atoms with van der Waals surface area (Å²) in [6.07, 6.45) is 1.91. The average molecular weight is 181 g/mol. The van der Waals surface area contributed by atoms with Crippen molar-refractivity contribution >= 4 is 0 Å². The Bertz CT molecular complexity index is 219. The van der Waals surface area contributed by atoms with E-state index < -0.39 is 0 Å². The molecule has 3 nitrogen and oxygen atoms in total. The van der Waals surface area contributed by atoms with Crippen LogP contribution in [0.5, 0.6) is 0 Å². The van der Waals surface area contributed by atoms with Gasteiger partial charge in [-0.1, -0.05) is 0 Å². The van der Waals surface area contributed by atoms with Crippen molar-refractivity contribution in [2.45, 2.75) is 31.3 Å². The summed E-state index contributed by atoms with van der Waals surface area (Å²) in [6.45, 7) is 3.21. The molecule has 1 aliphatic heterocycles. The van der Waals surface area contributed by atoms with Gasteiger partial charge in [0.15, 0.2) is 0 Å². The van der Waals surface area contributed by atoms with Crippen molar-refractivity contribution in [2.24, 2.45) is 0 Å². The minimum atomic E-state index is -0.230. The van der Waals surface area contributed by atoms with Crippen molar-refractivity contribution in [2.75, 3.05) is 27.7 Å². The van der Waals surface area contributed by atoms with Gasteiger partial charge < -0.3 is 4.90 Å². The van der Waals surface area contributed by atoms with Crippen LogP contribution in [0.25, 0.3) is 0 Å². The Hall–Kier alpha value is -0.590. The zero-order valence-electron chi connectivity index (χ0n) is 9.04. The lowest BCUT2D eigenvalue weighted by Gasteiger charge is -2.43. The van der Waals surface area contributed by atoms with Crippen LogP contribution in [0.4, 0.5) is 0 Å². The number of nitriles is 1. The van der Waals surface area contributed by atoms with Crippen molar-refractivity contribution in [3.63, 3.8) is 0 Å². The highest BCUT2D eigenvalue weighted by Crippen LogP contribution is 2.29. The third-order valence-corrected chi connectivity index (χ3v) is 3.33. The average Bonchev–Trinajstić information content (AvgIpc) is 2.09. The van der Waals surface area contributed by atoms with Crippen molar-refractivity contribution in [1.82, 2.24) is 9.80 Å². The van der Waals surface area contributed by atoms with E-state index >= 15 is 0 Å². The molecule has 1 aliphatic rings. The van der Waals surface area contributed by atoms with E-state index in [1.54, 1.807) is 0 Å². The van der Waals surface area contributed by atoms with Crippen LogP contribution in [0.15, 0.2) is 0 Å². The molecule has 0 aromatic carbocycles. The molecule has 2 unspecified atom stereocenters. The van der Waals surface area contributed by atoms with Crippen molar-refractivity contribution in [3.8, 4) is 6.07 Å². The second-order valence-corrected chi connectivity index (χ2v) is 4.32. The minimum absolute atomic E-state index is 0.230. The van der Waals surface area contributed by atoms with Gasteiger partial charge >= 0.3 is 0 Å². The van der Waals surface area contributed by atoms with Crippen LogP contribution in [-0.2, 0) is 0 Å². The van der Waals surface area contributed by atoms with Crippen LogP contribution in [0.1, 0.15) is 19.8 Å². The number of hydrogen-bond acceptors (Lipinski definition) is 3. The van der Waals surface area contributed by atoms with Gasteiger partial charge in [0, 0.05) is 12.6 Å². The lowest BCUT2D eigenvalue weighted by molar-refractivity contribution is 0.0755. The highest BCUT2D eigenvalue weighted by atomic mass is 15.2. The second kappa shape index (κ2) is 3.65. The molecule has 1 heterocycles.